The molecule has 0 atom stereocenters. The number of ether oxygens (including phenoxy) is 1. The normalized spacial score (nSPS) is 11.0. The first-order chi connectivity index (χ1) is 10.2. The van der Waals surface area contributed by atoms with Gasteiger partial charge in [0.15, 0.2) is 0 Å². The summed E-state index contributed by atoms with van der Waals surface area (Å²) in [6.07, 6.45) is 0. The highest BCUT2D eigenvalue weighted by Crippen LogP contribution is 2.24. The fourth-order valence-electron chi connectivity index (χ4n) is 2.50. The summed E-state index contributed by atoms with van der Waals surface area (Å²) in [7, 11) is 1.65. The summed E-state index contributed by atoms with van der Waals surface area (Å²) >= 11 is 0. The minimum absolute atomic E-state index is 0.121. The zero-order chi connectivity index (χ0) is 14.8. The molecule has 5 heteroatoms. The van der Waals surface area contributed by atoms with Gasteiger partial charge in [-0.05, 0) is 24.3 Å². The number of anilines is 1. The number of nitrogens with two attached hydrogens (primary N) is 1. The smallest absolute Gasteiger partial charge is 0.136 e. The molecule has 0 aliphatic rings. The summed E-state index contributed by atoms with van der Waals surface area (Å²) in [5.41, 5.74) is 9.22. The maximum Gasteiger partial charge on any atom is 0.136 e. The van der Waals surface area contributed by atoms with Crippen LogP contribution in [0, 0.1) is 0 Å². The summed E-state index contributed by atoms with van der Waals surface area (Å²) < 4.78 is 7.36. The number of benzene rings is 2. The number of aliphatic hydroxyl groups excluding tert-OH is 1. The van der Waals surface area contributed by atoms with Crippen LogP contribution in [0.25, 0.3) is 11.0 Å². The minimum Gasteiger partial charge on any atom is -0.496 e. The van der Waals surface area contributed by atoms with E-state index in [0.717, 1.165) is 22.3 Å². The fourth-order valence-corrected chi connectivity index (χ4v) is 2.50. The highest BCUT2D eigenvalue weighted by atomic mass is 16.5. The molecule has 2 aromatic carbocycles. The molecule has 0 fully saturated rings. The van der Waals surface area contributed by atoms with Crippen molar-refractivity contribution in [3.63, 3.8) is 0 Å². The molecular formula is C16H17N3O2. The van der Waals surface area contributed by atoms with E-state index >= 15 is 0 Å². The molecule has 0 saturated heterocycles. The van der Waals surface area contributed by atoms with Crippen LogP contribution >= 0.6 is 0 Å². The number of rotatable bonds is 4. The van der Waals surface area contributed by atoms with Crippen molar-refractivity contribution in [3.8, 4) is 5.75 Å². The SMILES string of the molecule is COc1ccccc1Cn1c(CO)nc2cc(N)ccc21. The Bertz CT molecular complexity index is 780. The average Bonchev–Trinajstić information content (AvgIpc) is 2.84. The van der Waals surface area contributed by atoms with Crippen LogP contribution < -0.4 is 10.5 Å². The lowest BCUT2D eigenvalue weighted by molar-refractivity contribution is 0.266. The minimum atomic E-state index is -0.121. The summed E-state index contributed by atoms with van der Waals surface area (Å²) in [5, 5.41) is 9.55. The molecule has 3 aromatic rings. The van der Waals surface area contributed by atoms with Crippen LogP contribution in [0.4, 0.5) is 5.69 Å². The van der Waals surface area contributed by atoms with E-state index in [-0.39, 0.29) is 6.61 Å². The third-order valence-electron chi connectivity index (χ3n) is 3.51. The highest BCUT2D eigenvalue weighted by molar-refractivity contribution is 5.79. The Morgan fingerprint density at radius 3 is 2.81 bits per heavy atom. The van der Waals surface area contributed by atoms with Gasteiger partial charge >= 0.3 is 0 Å². The first-order valence-corrected chi connectivity index (χ1v) is 6.70. The molecule has 3 N–H and O–H groups in total. The molecule has 0 unspecified atom stereocenters. The molecule has 0 aliphatic carbocycles. The Hall–Kier alpha value is -2.53. The van der Waals surface area contributed by atoms with Crippen molar-refractivity contribution in [3.05, 3.63) is 53.9 Å². The van der Waals surface area contributed by atoms with Crippen LogP contribution in [0.15, 0.2) is 42.5 Å². The van der Waals surface area contributed by atoms with E-state index in [4.69, 9.17) is 10.5 Å². The number of nitrogens with zero attached hydrogens (tertiary/aromatic N) is 2. The number of hydrogen-bond donors (Lipinski definition) is 2. The van der Waals surface area contributed by atoms with Gasteiger partial charge in [-0.2, -0.15) is 0 Å². The van der Waals surface area contributed by atoms with Crippen molar-refractivity contribution < 1.29 is 9.84 Å². The molecule has 0 saturated carbocycles. The van der Waals surface area contributed by atoms with Gasteiger partial charge in [-0.3, -0.25) is 0 Å². The molecule has 0 bridgehead atoms. The molecule has 0 spiro atoms. The Morgan fingerprint density at radius 1 is 1.24 bits per heavy atom. The standard InChI is InChI=1S/C16H17N3O2/c1-21-15-5-3-2-4-11(15)9-19-14-7-6-12(17)8-13(14)18-16(19)10-20/h2-8,20H,9-10,17H2,1H3. The van der Waals surface area contributed by atoms with E-state index in [9.17, 15) is 5.11 Å². The molecule has 108 valence electrons. The van der Waals surface area contributed by atoms with Crippen molar-refractivity contribution in [1.82, 2.24) is 9.55 Å². The van der Waals surface area contributed by atoms with Gasteiger partial charge in [-0.1, -0.05) is 18.2 Å². The molecule has 5 nitrogen and oxygen atoms in total. The predicted octanol–water partition coefficient (Wildman–Crippen LogP) is 2.17. The summed E-state index contributed by atoms with van der Waals surface area (Å²) in [5.74, 6) is 1.43. The summed E-state index contributed by atoms with van der Waals surface area (Å²) in [6, 6.07) is 13.4. The quantitative estimate of drug-likeness (QED) is 0.720. The molecule has 1 aromatic heterocycles. The predicted molar refractivity (Wildman–Crippen MR) is 82.2 cm³/mol. The van der Waals surface area contributed by atoms with Crippen LogP contribution in [0.5, 0.6) is 5.75 Å². The van der Waals surface area contributed by atoms with Crippen LogP contribution in [-0.2, 0) is 13.2 Å². The lowest BCUT2D eigenvalue weighted by atomic mass is 10.2. The molecular weight excluding hydrogens is 266 g/mol. The molecule has 1 heterocycles. The molecule has 0 aliphatic heterocycles. The van der Waals surface area contributed by atoms with Gasteiger partial charge in [0.1, 0.15) is 18.2 Å². The van der Waals surface area contributed by atoms with Crippen molar-refractivity contribution in [2.75, 3.05) is 12.8 Å². The van der Waals surface area contributed by atoms with E-state index < -0.39 is 0 Å². The van der Waals surface area contributed by atoms with E-state index in [1.165, 1.54) is 0 Å². The largest absolute Gasteiger partial charge is 0.496 e. The Balaban J connectivity index is 2.11. The average molecular weight is 283 g/mol. The van der Waals surface area contributed by atoms with Crippen LogP contribution in [-0.4, -0.2) is 21.8 Å². The molecule has 21 heavy (non-hydrogen) atoms. The molecule has 0 amide bonds. The van der Waals surface area contributed by atoms with E-state index in [2.05, 4.69) is 4.98 Å². The number of imidazole rings is 1. The number of aliphatic hydroxyl groups is 1. The number of methoxy groups -OCH3 is 1. The fraction of sp³-hybridized carbons (Fsp3) is 0.188. The Morgan fingerprint density at radius 2 is 2.05 bits per heavy atom. The third-order valence-corrected chi connectivity index (χ3v) is 3.51. The Labute approximate surface area is 122 Å². The second-order valence-electron chi connectivity index (χ2n) is 4.83. The third kappa shape index (κ3) is 2.43. The van der Waals surface area contributed by atoms with Crippen molar-refractivity contribution in [1.29, 1.82) is 0 Å². The van der Waals surface area contributed by atoms with Crippen molar-refractivity contribution in [2.45, 2.75) is 13.2 Å². The van der Waals surface area contributed by atoms with Crippen LogP contribution in [0.3, 0.4) is 0 Å². The van der Waals surface area contributed by atoms with Gasteiger partial charge in [0, 0.05) is 11.3 Å². The number of fused-ring (bicyclic) bond motifs is 1. The van der Waals surface area contributed by atoms with Gasteiger partial charge in [0.2, 0.25) is 0 Å². The van der Waals surface area contributed by atoms with E-state index in [1.54, 1.807) is 7.11 Å². The van der Waals surface area contributed by atoms with Gasteiger partial charge in [0.25, 0.3) is 0 Å². The van der Waals surface area contributed by atoms with E-state index in [0.29, 0.717) is 18.1 Å². The first-order valence-electron chi connectivity index (χ1n) is 6.70. The lowest BCUT2D eigenvalue weighted by Gasteiger charge is -2.11. The second kappa shape index (κ2) is 5.46. The Kier molecular flexibility index (Phi) is 3.50. The second-order valence-corrected chi connectivity index (χ2v) is 4.83. The summed E-state index contributed by atoms with van der Waals surface area (Å²) in [6.45, 7) is 0.462. The van der Waals surface area contributed by atoms with E-state index in [1.807, 2.05) is 47.0 Å². The van der Waals surface area contributed by atoms with Gasteiger partial charge < -0.3 is 20.1 Å². The maximum atomic E-state index is 9.55. The van der Waals surface area contributed by atoms with Crippen LogP contribution in [0.2, 0.25) is 0 Å². The van der Waals surface area contributed by atoms with Gasteiger partial charge in [0.05, 0.1) is 24.7 Å². The number of aromatic nitrogens is 2. The zero-order valence-electron chi connectivity index (χ0n) is 11.8. The first kappa shape index (κ1) is 13.5. The van der Waals surface area contributed by atoms with Gasteiger partial charge in [-0.15, -0.1) is 0 Å². The van der Waals surface area contributed by atoms with Crippen LogP contribution in [0.1, 0.15) is 11.4 Å². The number of nitrogen functional groups attached to an aromatic ring is 1. The molecule has 0 radical (unpaired) electrons. The molecule has 3 rings (SSSR count). The number of para-hydroxylation sites is 1. The lowest BCUT2D eigenvalue weighted by Crippen LogP contribution is -2.06. The van der Waals surface area contributed by atoms with Crippen molar-refractivity contribution >= 4 is 16.7 Å². The topological polar surface area (TPSA) is 73.3 Å². The van der Waals surface area contributed by atoms with Gasteiger partial charge in [-0.25, -0.2) is 4.98 Å². The number of hydrogen-bond acceptors (Lipinski definition) is 4. The highest BCUT2D eigenvalue weighted by Gasteiger charge is 2.12. The monoisotopic (exact) mass is 283 g/mol. The summed E-state index contributed by atoms with van der Waals surface area (Å²) in [4.78, 5) is 4.44. The zero-order valence-corrected chi connectivity index (χ0v) is 11.8. The van der Waals surface area contributed by atoms with Crippen molar-refractivity contribution in [2.24, 2.45) is 0 Å². The maximum absolute atomic E-state index is 9.55.